The molecule has 2 heterocycles. The number of fused-ring (bicyclic) bond motifs is 7. The largest absolute Gasteiger partial charge is 0.352 e. The van der Waals surface area contributed by atoms with Crippen LogP contribution in [0.1, 0.15) is 25.0 Å². The molecule has 0 N–H and O–H groups in total. The van der Waals surface area contributed by atoms with Gasteiger partial charge in [0.1, 0.15) is 6.17 Å². The first-order chi connectivity index (χ1) is 11.1. The van der Waals surface area contributed by atoms with E-state index in [2.05, 4.69) is 91.4 Å². The van der Waals surface area contributed by atoms with Gasteiger partial charge in [-0.3, -0.25) is 0 Å². The third-order valence-electron chi connectivity index (χ3n) is 6.57. The standard InChI is InChI=1S/C21H22N2/c1-20-12-13-21(20,2)19-22(3)17-10-6-7-11-18(17)23(19)14-15-8-4-5-9-16(15)20/h4-13,19H,14H2,1-3H3. The minimum absolute atomic E-state index is 0.0965. The zero-order valence-electron chi connectivity index (χ0n) is 14.0. The molecule has 116 valence electrons. The summed E-state index contributed by atoms with van der Waals surface area (Å²) in [4.78, 5) is 5.08. The third-order valence-corrected chi connectivity index (χ3v) is 6.57. The Kier molecular flexibility index (Phi) is 2.30. The Morgan fingerprint density at radius 1 is 0.913 bits per heavy atom. The van der Waals surface area contributed by atoms with Crippen LogP contribution in [0.25, 0.3) is 0 Å². The molecule has 2 aromatic carbocycles. The van der Waals surface area contributed by atoms with E-state index in [1.807, 2.05) is 0 Å². The molecule has 0 saturated carbocycles. The van der Waals surface area contributed by atoms with Gasteiger partial charge in [0.25, 0.3) is 0 Å². The van der Waals surface area contributed by atoms with Crippen molar-refractivity contribution >= 4 is 11.4 Å². The quantitative estimate of drug-likeness (QED) is 0.669. The van der Waals surface area contributed by atoms with Crippen molar-refractivity contribution in [3.8, 4) is 0 Å². The summed E-state index contributed by atoms with van der Waals surface area (Å²) in [5, 5.41) is 0. The van der Waals surface area contributed by atoms with E-state index in [0.717, 1.165) is 6.54 Å². The smallest absolute Gasteiger partial charge is 0.112 e. The SMILES string of the molecule is CN1c2ccccc2N2Cc3ccccc3C3(C)C=CC3(C)C12. The third kappa shape index (κ3) is 1.36. The predicted molar refractivity (Wildman–Crippen MR) is 95.9 cm³/mol. The summed E-state index contributed by atoms with van der Waals surface area (Å²) in [7, 11) is 2.25. The number of rotatable bonds is 0. The van der Waals surface area contributed by atoms with Crippen LogP contribution >= 0.6 is 0 Å². The second-order valence-corrected chi connectivity index (χ2v) is 7.58. The molecule has 2 nitrogen and oxygen atoms in total. The fraction of sp³-hybridized carbons (Fsp3) is 0.333. The Morgan fingerprint density at radius 2 is 1.61 bits per heavy atom. The summed E-state index contributed by atoms with van der Waals surface area (Å²) in [5.41, 5.74) is 5.86. The predicted octanol–water partition coefficient (Wildman–Crippen LogP) is 4.32. The normalized spacial score (nSPS) is 33.3. The van der Waals surface area contributed by atoms with E-state index in [9.17, 15) is 0 Å². The first kappa shape index (κ1) is 13.2. The molecule has 3 aliphatic rings. The van der Waals surface area contributed by atoms with Crippen LogP contribution in [0.3, 0.4) is 0 Å². The Morgan fingerprint density at radius 3 is 2.35 bits per heavy atom. The minimum Gasteiger partial charge on any atom is -0.352 e. The molecular formula is C21H22N2. The van der Waals surface area contributed by atoms with Gasteiger partial charge in [-0.15, -0.1) is 0 Å². The van der Waals surface area contributed by atoms with Gasteiger partial charge in [0.2, 0.25) is 0 Å². The maximum Gasteiger partial charge on any atom is 0.112 e. The van der Waals surface area contributed by atoms with E-state index >= 15 is 0 Å². The van der Waals surface area contributed by atoms with Crippen molar-refractivity contribution in [3.63, 3.8) is 0 Å². The van der Waals surface area contributed by atoms with Crippen molar-refractivity contribution in [2.45, 2.75) is 32.0 Å². The lowest BCUT2D eigenvalue weighted by Crippen LogP contribution is -2.60. The Labute approximate surface area is 138 Å². The monoisotopic (exact) mass is 302 g/mol. The molecule has 0 spiro atoms. The lowest BCUT2D eigenvalue weighted by Gasteiger charge is -2.55. The average molecular weight is 302 g/mol. The van der Waals surface area contributed by atoms with Crippen LogP contribution < -0.4 is 9.80 Å². The van der Waals surface area contributed by atoms with Gasteiger partial charge in [0.15, 0.2) is 0 Å². The van der Waals surface area contributed by atoms with E-state index in [1.165, 1.54) is 22.5 Å². The molecule has 0 fully saturated rings. The summed E-state index contributed by atoms with van der Waals surface area (Å²) in [6.07, 6.45) is 5.20. The van der Waals surface area contributed by atoms with E-state index in [-0.39, 0.29) is 10.8 Å². The topological polar surface area (TPSA) is 6.48 Å². The van der Waals surface area contributed by atoms with Gasteiger partial charge in [-0.05, 0) is 23.3 Å². The van der Waals surface area contributed by atoms with Crippen LogP contribution in [-0.2, 0) is 12.0 Å². The van der Waals surface area contributed by atoms with Gasteiger partial charge < -0.3 is 9.80 Å². The van der Waals surface area contributed by atoms with Crippen molar-refractivity contribution < 1.29 is 0 Å². The first-order valence-electron chi connectivity index (χ1n) is 8.43. The molecule has 0 saturated heterocycles. The molecule has 0 aromatic heterocycles. The number of hydrogen-bond donors (Lipinski definition) is 0. The van der Waals surface area contributed by atoms with Gasteiger partial charge in [-0.2, -0.15) is 0 Å². The fourth-order valence-corrected chi connectivity index (χ4v) is 5.05. The van der Waals surface area contributed by atoms with Crippen molar-refractivity contribution in [3.05, 3.63) is 71.8 Å². The molecule has 0 bridgehead atoms. The van der Waals surface area contributed by atoms with Crippen LogP contribution in [0, 0.1) is 5.41 Å². The zero-order chi connectivity index (χ0) is 15.8. The van der Waals surface area contributed by atoms with E-state index in [1.54, 1.807) is 0 Å². The van der Waals surface area contributed by atoms with Crippen molar-refractivity contribution in [1.29, 1.82) is 0 Å². The summed E-state index contributed by atoms with van der Waals surface area (Å²) in [6.45, 7) is 5.82. The summed E-state index contributed by atoms with van der Waals surface area (Å²) < 4.78 is 0. The molecule has 0 amide bonds. The Bertz CT molecular complexity index is 839. The summed E-state index contributed by atoms with van der Waals surface area (Å²) >= 11 is 0. The number of anilines is 2. The Hall–Kier alpha value is -2.22. The molecule has 23 heavy (non-hydrogen) atoms. The molecule has 2 heteroatoms. The fourth-order valence-electron chi connectivity index (χ4n) is 5.05. The lowest BCUT2D eigenvalue weighted by atomic mass is 9.53. The second-order valence-electron chi connectivity index (χ2n) is 7.58. The number of benzene rings is 2. The van der Waals surface area contributed by atoms with Gasteiger partial charge in [0, 0.05) is 24.4 Å². The lowest BCUT2D eigenvalue weighted by molar-refractivity contribution is 0.184. The van der Waals surface area contributed by atoms with Crippen LogP contribution in [0.4, 0.5) is 11.4 Å². The highest BCUT2D eigenvalue weighted by molar-refractivity contribution is 5.79. The highest BCUT2D eigenvalue weighted by atomic mass is 15.4. The van der Waals surface area contributed by atoms with E-state index in [4.69, 9.17) is 0 Å². The molecule has 2 aromatic rings. The van der Waals surface area contributed by atoms with Crippen molar-refractivity contribution in [2.75, 3.05) is 16.8 Å². The number of hydrogen-bond acceptors (Lipinski definition) is 2. The van der Waals surface area contributed by atoms with Gasteiger partial charge in [-0.25, -0.2) is 0 Å². The van der Waals surface area contributed by atoms with E-state index < -0.39 is 0 Å². The number of allylic oxidation sites excluding steroid dienone is 1. The molecule has 3 atom stereocenters. The molecule has 5 rings (SSSR count). The summed E-state index contributed by atoms with van der Waals surface area (Å²) in [6, 6.07) is 17.8. The Balaban J connectivity index is 1.79. The average Bonchev–Trinajstić information content (AvgIpc) is 2.83. The van der Waals surface area contributed by atoms with Gasteiger partial charge in [-0.1, -0.05) is 62.4 Å². The van der Waals surface area contributed by atoms with Crippen LogP contribution in [0.15, 0.2) is 60.7 Å². The van der Waals surface area contributed by atoms with Crippen LogP contribution in [-0.4, -0.2) is 13.2 Å². The zero-order valence-corrected chi connectivity index (χ0v) is 14.0. The highest BCUT2D eigenvalue weighted by Crippen LogP contribution is 2.61. The molecular weight excluding hydrogens is 280 g/mol. The molecule has 2 aliphatic heterocycles. The first-order valence-corrected chi connectivity index (χ1v) is 8.43. The van der Waals surface area contributed by atoms with E-state index in [0.29, 0.717) is 6.17 Å². The van der Waals surface area contributed by atoms with Gasteiger partial charge in [0.05, 0.1) is 11.4 Å². The second kappa shape index (κ2) is 4.00. The highest BCUT2D eigenvalue weighted by Gasteiger charge is 2.60. The minimum atomic E-state index is 0.0965. The van der Waals surface area contributed by atoms with Crippen molar-refractivity contribution in [2.24, 2.45) is 5.41 Å². The number of para-hydroxylation sites is 2. The maximum atomic E-state index is 2.60. The molecule has 1 aliphatic carbocycles. The molecule has 3 unspecified atom stereocenters. The number of nitrogens with zero attached hydrogens (tertiary/aromatic N) is 2. The molecule has 0 radical (unpaired) electrons. The van der Waals surface area contributed by atoms with Crippen LogP contribution in [0.5, 0.6) is 0 Å². The van der Waals surface area contributed by atoms with Gasteiger partial charge >= 0.3 is 0 Å². The summed E-state index contributed by atoms with van der Waals surface area (Å²) in [5.74, 6) is 0. The van der Waals surface area contributed by atoms with Crippen LogP contribution in [0.2, 0.25) is 0 Å². The van der Waals surface area contributed by atoms with Crippen molar-refractivity contribution in [1.82, 2.24) is 0 Å². The maximum absolute atomic E-state index is 2.60.